The van der Waals surface area contributed by atoms with Crippen LogP contribution in [0.2, 0.25) is 5.02 Å². The lowest BCUT2D eigenvalue weighted by Gasteiger charge is -2.18. The maximum Gasteiger partial charge on any atom is 0.141 e. The van der Waals surface area contributed by atoms with Gasteiger partial charge in [-0.25, -0.2) is 4.39 Å². The highest BCUT2D eigenvalue weighted by Crippen LogP contribution is 2.20. The van der Waals surface area contributed by atoms with Gasteiger partial charge in [-0.15, -0.1) is 0 Å². The maximum absolute atomic E-state index is 13.1. The topological polar surface area (TPSA) is 12.0 Å². The van der Waals surface area contributed by atoms with Gasteiger partial charge in [-0.05, 0) is 41.7 Å². The summed E-state index contributed by atoms with van der Waals surface area (Å²) in [5.74, 6) is -0.373. The van der Waals surface area contributed by atoms with Gasteiger partial charge < -0.3 is 5.32 Å². The van der Waals surface area contributed by atoms with E-state index in [1.54, 1.807) is 12.1 Å². The van der Waals surface area contributed by atoms with Gasteiger partial charge in [0.25, 0.3) is 0 Å². The largest absolute Gasteiger partial charge is 0.306 e. The number of nitrogens with one attached hydrogen (secondary N) is 1. The first-order chi connectivity index (χ1) is 10.1. The number of hydrogen-bond donors (Lipinski definition) is 1. The van der Waals surface area contributed by atoms with Gasteiger partial charge in [-0.1, -0.05) is 55.8 Å². The van der Waals surface area contributed by atoms with Crippen molar-refractivity contribution in [1.82, 2.24) is 5.32 Å². The Morgan fingerprint density at radius 3 is 2.29 bits per heavy atom. The highest BCUT2D eigenvalue weighted by Gasteiger charge is 2.09. The van der Waals surface area contributed by atoms with Crippen molar-refractivity contribution in [3.63, 3.8) is 0 Å². The monoisotopic (exact) mass is 305 g/mol. The average molecular weight is 306 g/mol. The van der Waals surface area contributed by atoms with E-state index in [4.69, 9.17) is 11.6 Å². The average Bonchev–Trinajstić information content (AvgIpc) is 2.52. The van der Waals surface area contributed by atoms with Crippen LogP contribution in [0.5, 0.6) is 0 Å². The molecule has 0 radical (unpaired) electrons. The number of aryl methyl sites for hydroxylation is 1. The summed E-state index contributed by atoms with van der Waals surface area (Å²) in [7, 11) is 0. The highest BCUT2D eigenvalue weighted by atomic mass is 35.5. The van der Waals surface area contributed by atoms with Gasteiger partial charge in [0.05, 0.1) is 5.02 Å². The Morgan fingerprint density at radius 2 is 1.71 bits per heavy atom. The predicted octanol–water partition coefficient (Wildman–Crippen LogP) is 5.28. The van der Waals surface area contributed by atoms with Crippen molar-refractivity contribution in [3.05, 3.63) is 70.0 Å². The molecule has 0 aliphatic rings. The quantitative estimate of drug-likeness (QED) is 0.765. The van der Waals surface area contributed by atoms with E-state index in [9.17, 15) is 4.39 Å². The van der Waals surface area contributed by atoms with E-state index in [1.807, 2.05) is 0 Å². The summed E-state index contributed by atoms with van der Waals surface area (Å²) in [5, 5.41) is 3.68. The van der Waals surface area contributed by atoms with Crippen molar-refractivity contribution in [1.29, 1.82) is 0 Å². The maximum atomic E-state index is 13.1. The molecule has 0 bridgehead atoms. The van der Waals surface area contributed by atoms with Crippen LogP contribution in [0, 0.1) is 5.82 Å². The van der Waals surface area contributed by atoms with Crippen molar-refractivity contribution in [2.75, 3.05) is 0 Å². The minimum absolute atomic E-state index is 0.176. The van der Waals surface area contributed by atoms with E-state index < -0.39 is 0 Å². The summed E-state index contributed by atoms with van der Waals surface area (Å²) in [6.45, 7) is 4.99. The molecule has 1 atom stereocenters. The molecule has 0 fully saturated rings. The molecule has 0 aromatic heterocycles. The SMILES string of the molecule is CCc1ccc(C(CC)NCc2ccc(F)c(Cl)c2)cc1. The van der Waals surface area contributed by atoms with Crippen LogP contribution in [0.1, 0.15) is 43.0 Å². The molecule has 21 heavy (non-hydrogen) atoms. The van der Waals surface area contributed by atoms with Gasteiger partial charge in [0.15, 0.2) is 0 Å². The molecule has 0 aliphatic carbocycles. The molecular weight excluding hydrogens is 285 g/mol. The standard InChI is InChI=1S/C18H21ClFN/c1-3-13-5-8-15(9-6-13)18(4-2)21-12-14-7-10-17(20)16(19)11-14/h5-11,18,21H,3-4,12H2,1-2H3. The molecule has 2 rings (SSSR count). The zero-order chi connectivity index (χ0) is 15.2. The molecule has 2 aromatic carbocycles. The predicted molar refractivity (Wildman–Crippen MR) is 87.1 cm³/mol. The lowest BCUT2D eigenvalue weighted by molar-refractivity contribution is 0.518. The summed E-state index contributed by atoms with van der Waals surface area (Å²) in [6.07, 6.45) is 2.05. The summed E-state index contributed by atoms with van der Waals surface area (Å²) >= 11 is 5.81. The van der Waals surface area contributed by atoms with Crippen molar-refractivity contribution in [2.24, 2.45) is 0 Å². The van der Waals surface area contributed by atoms with Crippen LogP contribution in [-0.2, 0) is 13.0 Å². The third-order valence-electron chi connectivity index (χ3n) is 3.74. The van der Waals surface area contributed by atoms with E-state index in [0.717, 1.165) is 18.4 Å². The lowest BCUT2D eigenvalue weighted by Crippen LogP contribution is -2.20. The van der Waals surface area contributed by atoms with Crippen molar-refractivity contribution >= 4 is 11.6 Å². The number of halogens is 2. The molecule has 0 aliphatic heterocycles. The number of rotatable bonds is 6. The van der Waals surface area contributed by atoms with Crippen LogP contribution in [0.3, 0.4) is 0 Å². The molecule has 0 saturated heterocycles. The summed E-state index contributed by atoms with van der Waals surface area (Å²) < 4.78 is 13.1. The molecule has 0 saturated carbocycles. The van der Waals surface area contributed by atoms with Gasteiger partial charge in [-0.3, -0.25) is 0 Å². The van der Waals surface area contributed by atoms with Gasteiger partial charge in [0, 0.05) is 12.6 Å². The normalized spacial score (nSPS) is 12.4. The third-order valence-corrected chi connectivity index (χ3v) is 4.02. The van der Waals surface area contributed by atoms with Crippen LogP contribution in [0.15, 0.2) is 42.5 Å². The second kappa shape index (κ2) is 7.58. The Hall–Kier alpha value is -1.38. The molecule has 0 amide bonds. The Kier molecular flexibility index (Phi) is 5.77. The second-order valence-corrected chi connectivity index (χ2v) is 5.59. The molecule has 112 valence electrons. The Bertz CT molecular complexity index is 580. The van der Waals surface area contributed by atoms with Crippen molar-refractivity contribution in [3.8, 4) is 0 Å². The first-order valence-corrected chi connectivity index (χ1v) is 7.78. The van der Waals surface area contributed by atoms with E-state index in [0.29, 0.717) is 12.6 Å². The Labute approximate surface area is 131 Å². The van der Waals surface area contributed by atoms with Gasteiger partial charge in [-0.2, -0.15) is 0 Å². The van der Waals surface area contributed by atoms with E-state index in [-0.39, 0.29) is 10.8 Å². The van der Waals surface area contributed by atoms with Crippen molar-refractivity contribution in [2.45, 2.75) is 39.3 Å². The smallest absolute Gasteiger partial charge is 0.141 e. The van der Waals surface area contributed by atoms with Gasteiger partial charge >= 0.3 is 0 Å². The molecule has 2 aromatic rings. The highest BCUT2D eigenvalue weighted by molar-refractivity contribution is 6.30. The van der Waals surface area contributed by atoms with Crippen LogP contribution < -0.4 is 5.32 Å². The number of benzene rings is 2. The lowest BCUT2D eigenvalue weighted by atomic mass is 10.0. The fraction of sp³-hybridized carbons (Fsp3) is 0.333. The molecular formula is C18H21ClFN. The zero-order valence-corrected chi connectivity index (χ0v) is 13.3. The molecule has 1 unspecified atom stereocenters. The summed E-state index contributed by atoms with van der Waals surface area (Å²) in [4.78, 5) is 0. The minimum Gasteiger partial charge on any atom is -0.306 e. The van der Waals surface area contributed by atoms with Gasteiger partial charge in [0.2, 0.25) is 0 Å². The summed E-state index contributed by atoms with van der Waals surface area (Å²) in [6, 6.07) is 13.9. The van der Waals surface area contributed by atoms with E-state index >= 15 is 0 Å². The van der Waals surface area contributed by atoms with Crippen LogP contribution in [-0.4, -0.2) is 0 Å². The first kappa shape index (κ1) is 16.0. The number of hydrogen-bond acceptors (Lipinski definition) is 1. The zero-order valence-electron chi connectivity index (χ0n) is 12.5. The minimum atomic E-state index is -0.373. The molecule has 1 nitrogen and oxygen atoms in total. The summed E-state index contributed by atoms with van der Waals surface area (Å²) in [5.41, 5.74) is 3.62. The van der Waals surface area contributed by atoms with Crippen LogP contribution in [0.25, 0.3) is 0 Å². The van der Waals surface area contributed by atoms with E-state index in [2.05, 4.69) is 43.4 Å². The van der Waals surface area contributed by atoms with Gasteiger partial charge in [0.1, 0.15) is 5.82 Å². The Balaban J connectivity index is 2.02. The molecule has 0 heterocycles. The van der Waals surface area contributed by atoms with E-state index in [1.165, 1.54) is 17.2 Å². The van der Waals surface area contributed by atoms with Crippen LogP contribution >= 0.6 is 11.6 Å². The fourth-order valence-corrected chi connectivity index (χ4v) is 2.58. The third kappa shape index (κ3) is 4.29. The molecule has 3 heteroatoms. The second-order valence-electron chi connectivity index (χ2n) is 5.19. The fourth-order valence-electron chi connectivity index (χ4n) is 2.37. The molecule has 1 N–H and O–H groups in total. The van der Waals surface area contributed by atoms with Crippen LogP contribution in [0.4, 0.5) is 4.39 Å². The molecule has 0 spiro atoms. The van der Waals surface area contributed by atoms with Crippen molar-refractivity contribution < 1.29 is 4.39 Å². The Morgan fingerprint density at radius 1 is 1.05 bits per heavy atom. The first-order valence-electron chi connectivity index (χ1n) is 7.40.